The summed E-state index contributed by atoms with van der Waals surface area (Å²) < 4.78 is 7.68. The summed E-state index contributed by atoms with van der Waals surface area (Å²) in [5, 5.41) is 7.16. The number of thiocarbonyl (C=S) groups is 1. The van der Waals surface area contributed by atoms with Crippen LogP contribution in [0.3, 0.4) is 0 Å². The van der Waals surface area contributed by atoms with Crippen molar-refractivity contribution in [1.82, 2.24) is 20.2 Å². The summed E-state index contributed by atoms with van der Waals surface area (Å²) >= 11 is 7.11. The normalized spacial score (nSPS) is 10.7. The van der Waals surface area contributed by atoms with Crippen LogP contribution in [0.5, 0.6) is 0 Å². The number of hydrogen-bond acceptors (Lipinski definition) is 4. The molecule has 0 fully saturated rings. The van der Waals surface area contributed by atoms with E-state index in [-0.39, 0.29) is 0 Å². The molecule has 0 saturated carbocycles. The van der Waals surface area contributed by atoms with Gasteiger partial charge in [0.25, 0.3) is 0 Å². The van der Waals surface area contributed by atoms with Crippen LogP contribution in [0, 0.1) is 6.92 Å². The van der Waals surface area contributed by atoms with Crippen molar-refractivity contribution in [2.75, 3.05) is 18.8 Å². The fraction of sp³-hybridized carbons (Fsp3) is 0.500. The van der Waals surface area contributed by atoms with Gasteiger partial charge in [0.05, 0.1) is 5.75 Å². The molecule has 0 radical (unpaired) electrons. The van der Waals surface area contributed by atoms with Crippen molar-refractivity contribution in [2.45, 2.75) is 32.6 Å². The largest absolute Gasteiger partial charge is 0.466 e. The number of furan rings is 1. The standard InChI is InChI=1S/C16H24N4OS2/c1-3-15-17-6-9-20(15)10-7-18-16(22)19-8-11-23-12-14-5-4-13(2)21-14/h4-6,9H,3,7-8,10-12H2,1-2H3,(H2,18,19,22). The van der Waals surface area contributed by atoms with Gasteiger partial charge in [-0.25, -0.2) is 4.98 Å². The number of nitrogens with zero attached hydrogens (tertiary/aromatic N) is 2. The Morgan fingerprint density at radius 1 is 1.35 bits per heavy atom. The van der Waals surface area contributed by atoms with Gasteiger partial charge in [0.1, 0.15) is 17.3 Å². The molecule has 7 heteroatoms. The van der Waals surface area contributed by atoms with Gasteiger partial charge < -0.3 is 19.6 Å². The summed E-state index contributed by atoms with van der Waals surface area (Å²) in [6, 6.07) is 4.03. The van der Waals surface area contributed by atoms with Gasteiger partial charge in [-0.1, -0.05) is 6.92 Å². The van der Waals surface area contributed by atoms with Crippen LogP contribution in [0.15, 0.2) is 28.9 Å². The molecule has 23 heavy (non-hydrogen) atoms. The Kier molecular flexibility index (Phi) is 7.48. The Bertz CT molecular complexity index is 609. The predicted molar refractivity (Wildman–Crippen MR) is 99.8 cm³/mol. The molecule has 0 atom stereocenters. The molecule has 5 nitrogen and oxygen atoms in total. The summed E-state index contributed by atoms with van der Waals surface area (Å²) in [7, 11) is 0. The Labute approximate surface area is 147 Å². The van der Waals surface area contributed by atoms with E-state index in [1.807, 2.05) is 43.2 Å². The second-order valence-corrected chi connectivity index (χ2v) is 6.65. The van der Waals surface area contributed by atoms with Gasteiger partial charge in [0.15, 0.2) is 5.11 Å². The summed E-state index contributed by atoms with van der Waals surface area (Å²) in [5.41, 5.74) is 0. The van der Waals surface area contributed by atoms with Gasteiger partial charge in [-0.3, -0.25) is 0 Å². The molecule has 0 saturated heterocycles. The van der Waals surface area contributed by atoms with Crippen LogP contribution >= 0.6 is 24.0 Å². The highest BCUT2D eigenvalue weighted by Gasteiger charge is 2.01. The van der Waals surface area contributed by atoms with Gasteiger partial charge in [-0.05, 0) is 31.3 Å². The second-order valence-electron chi connectivity index (χ2n) is 5.14. The molecule has 126 valence electrons. The molecule has 0 aliphatic heterocycles. The third-order valence-electron chi connectivity index (χ3n) is 3.33. The van der Waals surface area contributed by atoms with Crippen LogP contribution in [0.2, 0.25) is 0 Å². The van der Waals surface area contributed by atoms with E-state index in [0.717, 1.165) is 54.9 Å². The number of thioether (sulfide) groups is 1. The molecular weight excluding hydrogens is 328 g/mol. The van der Waals surface area contributed by atoms with E-state index in [0.29, 0.717) is 5.11 Å². The Balaban J connectivity index is 1.51. The average molecular weight is 353 g/mol. The maximum atomic E-state index is 5.53. The molecule has 2 aromatic rings. The zero-order valence-corrected chi connectivity index (χ0v) is 15.3. The van der Waals surface area contributed by atoms with Crippen molar-refractivity contribution in [3.63, 3.8) is 0 Å². The SMILES string of the molecule is CCc1nccn1CCNC(=S)NCCSCc1ccc(C)o1. The summed E-state index contributed by atoms with van der Waals surface area (Å²) in [5.74, 6) is 4.99. The van der Waals surface area contributed by atoms with Crippen molar-refractivity contribution < 1.29 is 4.42 Å². The maximum absolute atomic E-state index is 5.53. The molecule has 0 unspecified atom stereocenters. The van der Waals surface area contributed by atoms with Crippen molar-refractivity contribution in [3.05, 3.63) is 41.9 Å². The van der Waals surface area contributed by atoms with E-state index >= 15 is 0 Å². The molecule has 0 bridgehead atoms. The zero-order valence-electron chi connectivity index (χ0n) is 13.7. The Morgan fingerprint density at radius 2 is 2.17 bits per heavy atom. The van der Waals surface area contributed by atoms with Crippen molar-refractivity contribution >= 4 is 29.1 Å². The van der Waals surface area contributed by atoms with Crippen molar-refractivity contribution in [3.8, 4) is 0 Å². The summed E-state index contributed by atoms with van der Waals surface area (Å²) in [6.07, 6.45) is 4.79. The average Bonchev–Trinajstić information content (AvgIpc) is 3.15. The third-order valence-corrected chi connectivity index (χ3v) is 4.60. The first-order chi connectivity index (χ1) is 11.2. The number of aryl methyl sites for hydroxylation is 2. The van der Waals surface area contributed by atoms with Crippen LogP contribution in [-0.2, 0) is 18.7 Å². The Hall–Kier alpha value is -1.47. The number of imidazole rings is 1. The van der Waals surface area contributed by atoms with E-state index in [1.54, 1.807) is 0 Å². The number of nitrogens with one attached hydrogen (secondary N) is 2. The van der Waals surface area contributed by atoms with Gasteiger partial charge in [0.2, 0.25) is 0 Å². The first-order valence-corrected chi connectivity index (χ1v) is 9.40. The molecule has 0 amide bonds. The van der Waals surface area contributed by atoms with E-state index in [2.05, 4.69) is 27.1 Å². The first-order valence-electron chi connectivity index (χ1n) is 7.83. The zero-order chi connectivity index (χ0) is 16.5. The van der Waals surface area contributed by atoms with Crippen molar-refractivity contribution in [1.29, 1.82) is 0 Å². The lowest BCUT2D eigenvalue weighted by Crippen LogP contribution is -2.38. The van der Waals surface area contributed by atoms with Crippen LogP contribution in [0.4, 0.5) is 0 Å². The quantitative estimate of drug-likeness (QED) is 0.535. The maximum Gasteiger partial charge on any atom is 0.166 e. The molecule has 2 rings (SSSR count). The van der Waals surface area contributed by atoms with E-state index < -0.39 is 0 Å². The fourth-order valence-electron chi connectivity index (χ4n) is 2.18. The molecular formula is C16H24N4OS2. The number of aromatic nitrogens is 2. The number of hydrogen-bond donors (Lipinski definition) is 2. The van der Waals surface area contributed by atoms with Gasteiger partial charge in [-0.15, -0.1) is 0 Å². The van der Waals surface area contributed by atoms with Crippen LogP contribution in [0.1, 0.15) is 24.3 Å². The van der Waals surface area contributed by atoms with E-state index in [4.69, 9.17) is 16.6 Å². The molecule has 2 N–H and O–H groups in total. The van der Waals surface area contributed by atoms with Gasteiger partial charge in [0, 0.05) is 44.2 Å². The smallest absolute Gasteiger partial charge is 0.166 e. The van der Waals surface area contributed by atoms with E-state index in [9.17, 15) is 0 Å². The minimum Gasteiger partial charge on any atom is -0.466 e. The third kappa shape index (κ3) is 6.27. The van der Waals surface area contributed by atoms with Gasteiger partial charge >= 0.3 is 0 Å². The lowest BCUT2D eigenvalue weighted by molar-refractivity contribution is 0.501. The highest BCUT2D eigenvalue weighted by Crippen LogP contribution is 2.14. The highest BCUT2D eigenvalue weighted by molar-refractivity contribution is 7.98. The van der Waals surface area contributed by atoms with Gasteiger partial charge in [-0.2, -0.15) is 11.8 Å². The lowest BCUT2D eigenvalue weighted by Gasteiger charge is -2.11. The topological polar surface area (TPSA) is 55.0 Å². The lowest BCUT2D eigenvalue weighted by atomic mass is 10.4. The van der Waals surface area contributed by atoms with Crippen LogP contribution < -0.4 is 10.6 Å². The molecule has 2 heterocycles. The minimum atomic E-state index is 0.706. The van der Waals surface area contributed by atoms with Crippen LogP contribution in [0.25, 0.3) is 0 Å². The summed E-state index contributed by atoms with van der Waals surface area (Å²) in [6.45, 7) is 6.60. The van der Waals surface area contributed by atoms with E-state index in [1.165, 1.54) is 0 Å². The molecule has 2 aromatic heterocycles. The molecule has 0 aromatic carbocycles. The monoisotopic (exact) mass is 352 g/mol. The second kappa shape index (κ2) is 9.62. The molecule has 0 aliphatic carbocycles. The highest BCUT2D eigenvalue weighted by atomic mass is 32.2. The fourth-order valence-corrected chi connectivity index (χ4v) is 3.13. The molecule has 0 aliphatic rings. The minimum absolute atomic E-state index is 0.706. The number of rotatable bonds is 9. The Morgan fingerprint density at radius 3 is 2.91 bits per heavy atom. The predicted octanol–water partition coefficient (Wildman–Crippen LogP) is 2.74. The van der Waals surface area contributed by atoms with Crippen LogP contribution in [-0.4, -0.2) is 33.5 Å². The summed E-state index contributed by atoms with van der Waals surface area (Å²) in [4.78, 5) is 4.31. The van der Waals surface area contributed by atoms with Crippen molar-refractivity contribution in [2.24, 2.45) is 0 Å². The first kappa shape index (κ1) is 17.9. The molecule has 0 spiro atoms.